The van der Waals surface area contributed by atoms with E-state index in [-0.39, 0.29) is 0 Å². The van der Waals surface area contributed by atoms with Gasteiger partial charge in [0.2, 0.25) is 0 Å². The first-order valence-corrected chi connectivity index (χ1v) is 5.59. The Balaban J connectivity index is 1.87. The zero-order valence-electron chi connectivity index (χ0n) is 8.42. The molecule has 1 atom stereocenters. The van der Waals surface area contributed by atoms with Crippen LogP contribution in [0.25, 0.3) is 0 Å². The second-order valence-electron chi connectivity index (χ2n) is 3.88. The number of nitrogens with one attached hydrogen (secondary N) is 1. The van der Waals surface area contributed by atoms with E-state index < -0.39 is 0 Å². The highest BCUT2D eigenvalue weighted by Gasteiger charge is 2.19. The van der Waals surface area contributed by atoms with Crippen LogP contribution in [0.3, 0.4) is 0 Å². The molecule has 0 aromatic heterocycles. The van der Waals surface area contributed by atoms with Crippen molar-refractivity contribution in [1.82, 2.24) is 10.6 Å². The third-order valence-electron chi connectivity index (χ3n) is 2.84. The number of hydrogen-bond acceptors (Lipinski definition) is 1. The fourth-order valence-electron chi connectivity index (χ4n) is 2.04. The van der Waals surface area contributed by atoms with Crippen molar-refractivity contribution < 1.29 is 0 Å². The lowest BCUT2D eigenvalue weighted by molar-refractivity contribution is 0.613. The van der Waals surface area contributed by atoms with Crippen LogP contribution in [0, 0.1) is 5.92 Å². The molecule has 0 aromatic rings. The van der Waals surface area contributed by atoms with Crippen molar-refractivity contribution in [2.24, 2.45) is 5.92 Å². The summed E-state index contributed by atoms with van der Waals surface area (Å²) in [5.74, 6) is 0.683. The van der Waals surface area contributed by atoms with Crippen molar-refractivity contribution in [3.05, 3.63) is 23.5 Å². The van der Waals surface area contributed by atoms with Gasteiger partial charge in [-0.05, 0) is 43.8 Å². The SMILES string of the molecule is CCC1=CC(CC2=CNC(=S)[N]2)CC1. The van der Waals surface area contributed by atoms with Crippen LogP contribution in [0.5, 0.6) is 0 Å². The van der Waals surface area contributed by atoms with Crippen LogP contribution < -0.4 is 10.6 Å². The van der Waals surface area contributed by atoms with Crippen molar-refractivity contribution in [3.8, 4) is 0 Å². The van der Waals surface area contributed by atoms with Gasteiger partial charge < -0.3 is 5.32 Å². The van der Waals surface area contributed by atoms with Crippen LogP contribution in [0.1, 0.15) is 32.6 Å². The fraction of sp³-hybridized carbons (Fsp3) is 0.545. The topological polar surface area (TPSA) is 26.1 Å². The van der Waals surface area contributed by atoms with E-state index in [0.29, 0.717) is 11.0 Å². The summed E-state index contributed by atoms with van der Waals surface area (Å²) < 4.78 is 0. The van der Waals surface area contributed by atoms with E-state index in [9.17, 15) is 0 Å². The van der Waals surface area contributed by atoms with E-state index in [1.165, 1.54) is 19.3 Å². The summed E-state index contributed by atoms with van der Waals surface area (Å²) in [4.78, 5) is 0. The van der Waals surface area contributed by atoms with Gasteiger partial charge >= 0.3 is 0 Å². The molecule has 0 amide bonds. The molecule has 14 heavy (non-hydrogen) atoms. The zero-order chi connectivity index (χ0) is 9.97. The van der Waals surface area contributed by atoms with Crippen molar-refractivity contribution in [2.75, 3.05) is 0 Å². The standard InChI is InChI=1S/C11H15N2S/c1-2-8-3-4-9(5-8)6-10-7-12-11(14)13-10/h5,7,9H,2-4,6H2,1H3,(H,12,14). The predicted molar refractivity (Wildman–Crippen MR) is 61.7 cm³/mol. The van der Waals surface area contributed by atoms with Crippen LogP contribution in [0.4, 0.5) is 0 Å². The molecule has 2 aliphatic rings. The molecule has 0 saturated heterocycles. The van der Waals surface area contributed by atoms with E-state index >= 15 is 0 Å². The van der Waals surface area contributed by atoms with Gasteiger partial charge in [0.1, 0.15) is 0 Å². The smallest absolute Gasteiger partial charge is 0.197 e. The van der Waals surface area contributed by atoms with Crippen molar-refractivity contribution in [2.45, 2.75) is 32.6 Å². The summed E-state index contributed by atoms with van der Waals surface area (Å²) in [7, 11) is 0. The minimum atomic E-state index is 0.609. The first kappa shape index (κ1) is 9.71. The second kappa shape index (κ2) is 4.13. The van der Waals surface area contributed by atoms with E-state index in [2.05, 4.69) is 23.6 Å². The molecule has 75 valence electrons. The summed E-state index contributed by atoms with van der Waals surface area (Å²) in [5.41, 5.74) is 2.71. The van der Waals surface area contributed by atoms with Crippen molar-refractivity contribution in [1.29, 1.82) is 0 Å². The van der Waals surface area contributed by atoms with Gasteiger partial charge in [-0.2, -0.15) is 0 Å². The summed E-state index contributed by atoms with van der Waals surface area (Å²) >= 11 is 4.94. The monoisotopic (exact) mass is 207 g/mol. The number of allylic oxidation sites excluding steroid dienone is 3. The summed E-state index contributed by atoms with van der Waals surface area (Å²) in [6.07, 6.45) is 9.13. The molecule has 3 heteroatoms. The molecular formula is C11H15N2S. The highest BCUT2D eigenvalue weighted by molar-refractivity contribution is 7.80. The molecule has 1 N–H and O–H groups in total. The lowest BCUT2D eigenvalue weighted by Gasteiger charge is -2.05. The van der Waals surface area contributed by atoms with Crippen LogP contribution >= 0.6 is 12.2 Å². The normalized spacial score (nSPS) is 25.5. The van der Waals surface area contributed by atoms with Crippen LogP contribution in [0.15, 0.2) is 23.5 Å². The third-order valence-corrected chi connectivity index (χ3v) is 3.05. The molecule has 1 aliphatic carbocycles. The van der Waals surface area contributed by atoms with Gasteiger partial charge in [-0.15, -0.1) is 0 Å². The molecule has 2 rings (SSSR count). The summed E-state index contributed by atoms with van der Waals surface area (Å²) in [6.45, 7) is 2.23. The van der Waals surface area contributed by atoms with Gasteiger partial charge in [0.15, 0.2) is 5.11 Å². The molecule has 0 saturated carbocycles. The average Bonchev–Trinajstić information content (AvgIpc) is 2.76. The van der Waals surface area contributed by atoms with E-state index in [1.807, 2.05) is 6.20 Å². The quantitative estimate of drug-likeness (QED) is 0.568. The van der Waals surface area contributed by atoms with Gasteiger partial charge in [0.05, 0.1) is 5.70 Å². The molecule has 1 aliphatic heterocycles. The minimum Gasteiger partial charge on any atom is -0.336 e. The lowest BCUT2D eigenvalue weighted by Crippen LogP contribution is -2.16. The van der Waals surface area contributed by atoms with Gasteiger partial charge in [-0.3, -0.25) is 0 Å². The molecule has 1 radical (unpaired) electrons. The van der Waals surface area contributed by atoms with Gasteiger partial charge in [-0.25, -0.2) is 5.32 Å². The van der Waals surface area contributed by atoms with Gasteiger partial charge in [0.25, 0.3) is 0 Å². The Hall–Kier alpha value is -0.830. The number of hydrogen-bond donors (Lipinski definition) is 1. The summed E-state index contributed by atoms with van der Waals surface area (Å²) in [6, 6.07) is 0. The van der Waals surface area contributed by atoms with E-state index in [1.54, 1.807) is 5.57 Å². The Morgan fingerprint density at radius 3 is 3.07 bits per heavy atom. The van der Waals surface area contributed by atoms with Crippen LogP contribution in [0.2, 0.25) is 0 Å². The van der Waals surface area contributed by atoms with Crippen LogP contribution in [-0.4, -0.2) is 5.11 Å². The Labute approximate surface area is 90.5 Å². The molecule has 0 aromatic carbocycles. The Morgan fingerprint density at radius 1 is 1.64 bits per heavy atom. The van der Waals surface area contributed by atoms with Gasteiger partial charge in [-0.1, -0.05) is 18.6 Å². The zero-order valence-corrected chi connectivity index (χ0v) is 9.23. The Morgan fingerprint density at radius 2 is 2.50 bits per heavy atom. The second-order valence-corrected chi connectivity index (χ2v) is 4.27. The highest BCUT2D eigenvalue weighted by Crippen LogP contribution is 2.30. The molecule has 0 spiro atoms. The maximum absolute atomic E-state index is 4.94. The maximum Gasteiger partial charge on any atom is 0.197 e. The number of nitrogens with zero attached hydrogens (tertiary/aromatic N) is 1. The third kappa shape index (κ3) is 2.15. The average molecular weight is 207 g/mol. The molecular weight excluding hydrogens is 192 g/mol. The van der Waals surface area contributed by atoms with E-state index in [4.69, 9.17) is 12.2 Å². The lowest BCUT2D eigenvalue weighted by atomic mass is 10.0. The van der Waals surface area contributed by atoms with Crippen LogP contribution in [-0.2, 0) is 0 Å². The largest absolute Gasteiger partial charge is 0.336 e. The molecule has 0 bridgehead atoms. The first-order valence-electron chi connectivity index (χ1n) is 5.18. The molecule has 0 fully saturated rings. The Bertz CT molecular complexity index is 304. The molecule has 1 heterocycles. The fourth-order valence-corrected chi connectivity index (χ4v) is 2.22. The first-order chi connectivity index (χ1) is 6.78. The summed E-state index contributed by atoms with van der Waals surface area (Å²) in [5, 5.41) is 7.81. The number of rotatable bonds is 3. The van der Waals surface area contributed by atoms with Crippen molar-refractivity contribution >= 4 is 17.3 Å². The molecule has 1 unspecified atom stereocenters. The van der Waals surface area contributed by atoms with Crippen molar-refractivity contribution in [3.63, 3.8) is 0 Å². The number of thiocarbonyl (C=S) groups is 1. The maximum atomic E-state index is 4.94. The van der Waals surface area contributed by atoms with E-state index in [0.717, 1.165) is 12.1 Å². The predicted octanol–water partition coefficient (Wildman–Crippen LogP) is 2.46. The van der Waals surface area contributed by atoms with Gasteiger partial charge in [0, 0.05) is 6.20 Å². The molecule has 2 nitrogen and oxygen atoms in total. The Kier molecular flexibility index (Phi) is 2.87. The minimum absolute atomic E-state index is 0.609. The highest BCUT2D eigenvalue weighted by atomic mass is 32.1.